The minimum atomic E-state index is -0.860. The molecule has 0 amide bonds. The van der Waals surface area contributed by atoms with Crippen molar-refractivity contribution in [3.8, 4) is 0 Å². The van der Waals surface area contributed by atoms with Gasteiger partial charge in [-0.15, -0.1) is 0 Å². The summed E-state index contributed by atoms with van der Waals surface area (Å²) in [5.41, 5.74) is 0. The van der Waals surface area contributed by atoms with Crippen LogP contribution in [0.25, 0.3) is 0 Å². The van der Waals surface area contributed by atoms with Gasteiger partial charge in [0.25, 0.3) is 0 Å². The summed E-state index contributed by atoms with van der Waals surface area (Å²) >= 11 is 0. The topological polar surface area (TPSA) is 52.6 Å². The summed E-state index contributed by atoms with van der Waals surface area (Å²) in [5.74, 6) is -0.176. The van der Waals surface area contributed by atoms with Crippen molar-refractivity contribution >= 4 is 11.9 Å². The number of ether oxygens (including phenoxy) is 2. The fourth-order valence-electron chi connectivity index (χ4n) is 2.96. The van der Waals surface area contributed by atoms with Crippen molar-refractivity contribution in [2.24, 2.45) is 23.7 Å². The first-order chi connectivity index (χ1) is 10.6. The Balaban J connectivity index is 1.69. The van der Waals surface area contributed by atoms with E-state index >= 15 is 0 Å². The summed E-state index contributed by atoms with van der Waals surface area (Å²) in [4.78, 5) is 23.4. The van der Waals surface area contributed by atoms with Gasteiger partial charge in [-0.05, 0) is 49.4 Å². The largest absolute Gasteiger partial charge is 0.457 e. The molecule has 0 aromatic carbocycles. The van der Waals surface area contributed by atoms with E-state index in [1.165, 1.54) is 0 Å². The van der Waals surface area contributed by atoms with Crippen LogP contribution in [-0.4, -0.2) is 25.2 Å². The average molecular weight is 306 g/mol. The third kappa shape index (κ3) is 4.72. The molecule has 0 spiro atoms. The Labute approximate surface area is 132 Å². The summed E-state index contributed by atoms with van der Waals surface area (Å²) in [6, 6.07) is 0. The van der Waals surface area contributed by atoms with Crippen LogP contribution in [0.2, 0.25) is 0 Å². The van der Waals surface area contributed by atoms with E-state index in [0.717, 1.165) is 25.7 Å². The predicted molar refractivity (Wildman–Crippen MR) is 84.0 cm³/mol. The normalized spacial score (nSPS) is 30.8. The summed E-state index contributed by atoms with van der Waals surface area (Å²) in [6.07, 6.45) is 12.3. The number of esters is 2. The molecule has 0 saturated heterocycles. The molecule has 0 saturated carbocycles. The third-order valence-electron chi connectivity index (χ3n) is 4.86. The van der Waals surface area contributed by atoms with Crippen LogP contribution >= 0.6 is 0 Å². The standard InChI is InChI=1S/C18H26O4/c1-13-7-3-5-9-15(13)11-21-17(19)18(20)22-12-16-10-6-4-8-14(16)2/h3-6,13-16H,7-12H2,1-2H3/t13-,14-,15-,16+/m0/s1. The molecule has 122 valence electrons. The van der Waals surface area contributed by atoms with Crippen molar-refractivity contribution in [1.29, 1.82) is 0 Å². The molecule has 0 fully saturated rings. The number of carbonyl (C=O) groups is 2. The first-order valence-electron chi connectivity index (χ1n) is 8.21. The van der Waals surface area contributed by atoms with Crippen LogP contribution in [0, 0.1) is 23.7 Å². The van der Waals surface area contributed by atoms with Crippen molar-refractivity contribution in [2.75, 3.05) is 13.2 Å². The molecular weight excluding hydrogens is 280 g/mol. The minimum Gasteiger partial charge on any atom is -0.457 e. The molecule has 2 aliphatic carbocycles. The van der Waals surface area contributed by atoms with Gasteiger partial charge in [0.15, 0.2) is 0 Å². The highest BCUT2D eigenvalue weighted by atomic mass is 16.6. The second-order valence-electron chi connectivity index (χ2n) is 6.56. The molecule has 4 nitrogen and oxygen atoms in total. The highest BCUT2D eigenvalue weighted by molar-refractivity contribution is 6.29. The second kappa shape index (κ2) is 8.16. The minimum absolute atomic E-state index is 0.294. The van der Waals surface area contributed by atoms with E-state index in [0.29, 0.717) is 36.9 Å². The quantitative estimate of drug-likeness (QED) is 0.454. The van der Waals surface area contributed by atoms with Gasteiger partial charge in [-0.1, -0.05) is 38.2 Å². The lowest BCUT2D eigenvalue weighted by Crippen LogP contribution is -2.28. The fourth-order valence-corrected chi connectivity index (χ4v) is 2.96. The molecule has 2 aliphatic rings. The van der Waals surface area contributed by atoms with Crippen LogP contribution < -0.4 is 0 Å². The van der Waals surface area contributed by atoms with E-state index in [9.17, 15) is 9.59 Å². The van der Waals surface area contributed by atoms with Crippen LogP contribution in [0.1, 0.15) is 39.5 Å². The average Bonchev–Trinajstić information content (AvgIpc) is 2.52. The molecule has 4 atom stereocenters. The molecular formula is C18H26O4. The molecule has 0 aromatic rings. The van der Waals surface area contributed by atoms with Crippen molar-refractivity contribution < 1.29 is 19.1 Å². The molecule has 4 heteroatoms. The van der Waals surface area contributed by atoms with E-state index in [2.05, 4.69) is 38.2 Å². The van der Waals surface area contributed by atoms with Crippen molar-refractivity contribution in [1.82, 2.24) is 0 Å². The molecule has 0 aromatic heterocycles. The molecule has 0 aliphatic heterocycles. The van der Waals surface area contributed by atoms with Crippen molar-refractivity contribution in [3.63, 3.8) is 0 Å². The SMILES string of the molecule is C[C@H]1CC=CC[C@@H]1COC(=O)C(=O)OC[C@@H]1CC=CC[C@@H]1C. The van der Waals surface area contributed by atoms with Gasteiger partial charge in [0.05, 0.1) is 13.2 Å². The molecule has 2 rings (SSSR count). The van der Waals surface area contributed by atoms with Crippen LogP contribution in [0.15, 0.2) is 24.3 Å². The van der Waals surface area contributed by atoms with E-state index in [1.54, 1.807) is 0 Å². The smallest absolute Gasteiger partial charge is 0.417 e. The lowest BCUT2D eigenvalue weighted by Gasteiger charge is -2.25. The highest BCUT2D eigenvalue weighted by Crippen LogP contribution is 2.26. The Morgan fingerprint density at radius 1 is 0.773 bits per heavy atom. The Morgan fingerprint density at radius 3 is 1.50 bits per heavy atom. The van der Waals surface area contributed by atoms with Crippen LogP contribution in [0.4, 0.5) is 0 Å². The van der Waals surface area contributed by atoms with Crippen LogP contribution in [0.5, 0.6) is 0 Å². The van der Waals surface area contributed by atoms with Gasteiger partial charge in [0.2, 0.25) is 0 Å². The van der Waals surface area contributed by atoms with E-state index in [4.69, 9.17) is 9.47 Å². The zero-order valence-electron chi connectivity index (χ0n) is 13.5. The predicted octanol–water partition coefficient (Wildman–Crippen LogP) is 3.28. The Hall–Kier alpha value is -1.58. The molecule has 0 heterocycles. The lowest BCUT2D eigenvalue weighted by molar-refractivity contribution is -0.169. The number of hydrogen-bond acceptors (Lipinski definition) is 4. The summed E-state index contributed by atoms with van der Waals surface area (Å²) in [5, 5.41) is 0. The maximum Gasteiger partial charge on any atom is 0.417 e. The van der Waals surface area contributed by atoms with Gasteiger partial charge in [-0.25, -0.2) is 9.59 Å². The third-order valence-corrected chi connectivity index (χ3v) is 4.86. The first-order valence-corrected chi connectivity index (χ1v) is 8.21. The first kappa shape index (κ1) is 16.8. The number of hydrogen-bond donors (Lipinski definition) is 0. The van der Waals surface area contributed by atoms with Crippen molar-refractivity contribution in [3.05, 3.63) is 24.3 Å². The number of rotatable bonds is 4. The van der Waals surface area contributed by atoms with E-state index < -0.39 is 11.9 Å². The summed E-state index contributed by atoms with van der Waals surface area (Å²) < 4.78 is 10.2. The van der Waals surface area contributed by atoms with Gasteiger partial charge < -0.3 is 9.47 Å². The lowest BCUT2D eigenvalue weighted by atomic mass is 9.85. The van der Waals surface area contributed by atoms with Gasteiger partial charge in [0, 0.05) is 0 Å². The zero-order valence-corrected chi connectivity index (χ0v) is 13.5. The molecule has 0 bridgehead atoms. The maximum absolute atomic E-state index is 11.7. The van der Waals surface area contributed by atoms with Gasteiger partial charge >= 0.3 is 11.9 Å². The van der Waals surface area contributed by atoms with Gasteiger partial charge in [-0.2, -0.15) is 0 Å². The summed E-state index contributed by atoms with van der Waals surface area (Å²) in [7, 11) is 0. The highest BCUT2D eigenvalue weighted by Gasteiger charge is 2.25. The number of allylic oxidation sites excluding steroid dienone is 4. The summed E-state index contributed by atoms with van der Waals surface area (Å²) in [6.45, 7) is 4.86. The van der Waals surface area contributed by atoms with Crippen LogP contribution in [-0.2, 0) is 19.1 Å². The Bertz CT molecular complexity index is 410. The van der Waals surface area contributed by atoms with E-state index in [-0.39, 0.29) is 0 Å². The number of carbonyl (C=O) groups excluding carboxylic acids is 2. The maximum atomic E-state index is 11.7. The molecule has 0 radical (unpaired) electrons. The van der Waals surface area contributed by atoms with Gasteiger partial charge in [-0.3, -0.25) is 0 Å². The Morgan fingerprint density at radius 2 is 1.14 bits per heavy atom. The van der Waals surface area contributed by atoms with Crippen LogP contribution in [0.3, 0.4) is 0 Å². The molecule has 22 heavy (non-hydrogen) atoms. The van der Waals surface area contributed by atoms with Crippen molar-refractivity contribution in [2.45, 2.75) is 39.5 Å². The van der Waals surface area contributed by atoms with Gasteiger partial charge in [0.1, 0.15) is 0 Å². The monoisotopic (exact) mass is 306 g/mol. The zero-order chi connectivity index (χ0) is 15.9. The molecule has 0 unspecified atom stereocenters. The fraction of sp³-hybridized carbons (Fsp3) is 0.667. The van der Waals surface area contributed by atoms with E-state index in [1.807, 2.05) is 0 Å². The molecule has 0 N–H and O–H groups in total. The second-order valence-corrected chi connectivity index (χ2v) is 6.56. The Kier molecular flexibility index (Phi) is 6.22.